The number of carboxylic acid groups (broad SMARTS) is 1. The highest BCUT2D eigenvalue weighted by molar-refractivity contribution is 7.89. The predicted molar refractivity (Wildman–Crippen MR) is 97.4 cm³/mol. The molecule has 0 bridgehead atoms. The zero-order valence-corrected chi connectivity index (χ0v) is 16.0. The summed E-state index contributed by atoms with van der Waals surface area (Å²) in [6, 6.07) is 4.73. The summed E-state index contributed by atoms with van der Waals surface area (Å²) >= 11 is 0. The topological polar surface area (TPSA) is 104 Å². The average Bonchev–Trinajstić information content (AvgIpc) is 2.89. The summed E-state index contributed by atoms with van der Waals surface area (Å²) < 4.78 is 27.2. The van der Waals surface area contributed by atoms with Gasteiger partial charge in [0, 0.05) is 18.7 Å². The highest BCUT2D eigenvalue weighted by Gasteiger charge is 2.27. The molecule has 2 rings (SSSR count). The minimum absolute atomic E-state index is 0.0588. The second kappa shape index (κ2) is 8.64. The van der Waals surface area contributed by atoms with E-state index in [1.165, 1.54) is 28.6 Å². The van der Waals surface area contributed by atoms with Crippen LogP contribution in [0.1, 0.15) is 49.9 Å². The van der Waals surface area contributed by atoms with Crippen molar-refractivity contribution in [3.63, 3.8) is 0 Å². The maximum Gasteiger partial charge on any atom is 0.326 e. The molecule has 8 heteroatoms. The number of carboxylic acids is 1. The zero-order chi connectivity index (χ0) is 19.3. The second-order valence-electron chi connectivity index (χ2n) is 6.88. The van der Waals surface area contributed by atoms with E-state index in [4.69, 9.17) is 0 Å². The van der Waals surface area contributed by atoms with Gasteiger partial charge in [-0.2, -0.15) is 4.31 Å². The normalized spacial score (nSPS) is 17.5. The summed E-state index contributed by atoms with van der Waals surface area (Å²) in [5, 5.41) is 11.7. The van der Waals surface area contributed by atoms with E-state index in [-0.39, 0.29) is 16.4 Å². The summed E-state index contributed by atoms with van der Waals surface area (Å²) in [4.78, 5) is 23.7. The first-order valence-corrected chi connectivity index (χ1v) is 10.3. The number of nitrogens with zero attached hydrogens (tertiary/aromatic N) is 1. The minimum Gasteiger partial charge on any atom is -0.480 e. The number of nitrogens with one attached hydrogen (secondary N) is 1. The molecule has 26 heavy (non-hydrogen) atoms. The quantitative estimate of drug-likeness (QED) is 0.784. The number of carbonyl (C=O) groups excluding carboxylic acids is 1. The molecule has 1 aliphatic heterocycles. The smallest absolute Gasteiger partial charge is 0.326 e. The Morgan fingerprint density at radius 1 is 1.12 bits per heavy atom. The van der Waals surface area contributed by atoms with Crippen molar-refractivity contribution in [1.82, 2.24) is 9.62 Å². The lowest BCUT2D eigenvalue weighted by atomic mass is 10.0. The van der Waals surface area contributed by atoms with Crippen molar-refractivity contribution < 1.29 is 23.1 Å². The number of sulfonamides is 1. The molecule has 7 nitrogen and oxygen atoms in total. The largest absolute Gasteiger partial charge is 0.480 e. The summed E-state index contributed by atoms with van der Waals surface area (Å²) in [7, 11) is -3.67. The van der Waals surface area contributed by atoms with Crippen LogP contribution in [0.25, 0.3) is 0 Å². The molecule has 0 aromatic heterocycles. The summed E-state index contributed by atoms with van der Waals surface area (Å²) in [5.41, 5.74) is 0.132. The third kappa shape index (κ3) is 4.82. The van der Waals surface area contributed by atoms with E-state index in [2.05, 4.69) is 5.32 Å². The third-order valence-electron chi connectivity index (χ3n) is 4.52. The van der Waals surface area contributed by atoms with Crippen molar-refractivity contribution in [2.45, 2.75) is 50.5 Å². The molecule has 1 saturated heterocycles. The molecule has 0 radical (unpaired) electrons. The number of amides is 1. The third-order valence-corrected chi connectivity index (χ3v) is 6.41. The Morgan fingerprint density at radius 2 is 1.73 bits per heavy atom. The van der Waals surface area contributed by atoms with E-state index in [1.54, 1.807) is 13.8 Å². The molecule has 0 aliphatic carbocycles. The molecule has 1 heterocycles. The molecule has 144 valence electrons. The van der Waals surface area contributed by atoms with Crippen LogP contribution in [-0.4, -0.2) is 48.8 Å². The molecule has 1 fully saturated rings. The van der Waals surface area contributed by atoms with Crippen LogP contribution in [0, 0.1) is 5.92 Å². The van der Waals surface area contributed by atoms with Gasteiger partial charge in [-0.3, -0.25) is 4.79 Å². The Labute approximate surface area is 154 Å². The highest BCUT2D eigenvalue weighted by Crippen LogP contribution is 2.21. The molecule has 1 aliphatic rings. The van der Waals surface area contributed by atoms with Gasteiger partial charge in [-0.25, -0.2) is 13.2 Å². The number of aliphatic carboxylic acids is 1. The maximum absolute atomic E-state index is 12.9. The summed E-state index contributed by atoms with van der Waals surface area (Å²) in [6.45, 7) is 4.35. The standard InChI is InChI=1S/C18H26N2O5S/c1-13(2)16(18(22)23)19-17(21)14-8-7-9-15(12-14)26(24,25)20-10-5-3-4-6-11-20/h7-9,12-13,16H,3-6,10-11H2,1-2H3,(H,19,21)(H,22,23)/t16-/m1/s1. The monoisotopic (exact) mass is 382 g/mol. The first kappa shape index (κ1) is 20.4. The van der Waals surface area contributed by atoms with Crippen molar-refractivity contribution in [1.29, 1.82) is 0 Å². The van der Waals surface area contributed by atoms with E-state index < -0.39 is 27.9 Å². The Morgan fingerprint density at radius 3 is 2.27 bits per heavy atom. The number of hydrogen-bond donors (Lipinski definition) is 2. The van der Waals surface area contributed by atoms with E-state index in [1.807, 2.05) is 0 Å². The van der Waals surface area contributed by atoms with Crippen LogP contribution >= 0.6 is 0 Å². The van der Waals surface area contributed by atoms with E-state index in [0.717, 1.165) is 25.7 Å². The molecule has 1 aromatic carbocycles. The van der Waals surface area contributed by atoms with Crippen molar-refractivity contribution in [3.8, 4) is 0 Å². The van der Waals surface area contributed by atoms with Crippen LogP contribution in [0.5, 0.6) is 0 Å². The predicted octanol–water partition coefficient (Wildman–Crippen LogP) is 2.09. The molecule has 0 saturated carbocycles. The minimum atomic E-state index is -3.67. The first-order chi connectivity index (χ1) is 12.2. The van der Waals surface area contributed by atoms with Gasteiger partial charge in [-0.1, -0.05) is 32.8 Å². The van der Waals surface area contributed by atoms with Gasteiger partial charge in [-0.05, 0) is 37.0 Å². The van der Waals surface area contributed by atoms with Crippen LogP contribution in [0.15, 0.2) is 29.2 Å². The first-order valence-electron chi connectivity index (χ1n) is 8.87. The van der Waals surface area contributed by atoms with Gasteiger partial charge < -0.3 is 10.4 Å². The average molecular weight is 382 g/mol. The Kier molecular flexibility index (Phi) is 6.77. The van der Waals surface area contributed by atoms with Crippen molar-refractivity contribution in [2.24, 2.45) is 5.92 Å². The Balaban J connectivity index is 2.23. The Bertz CT molecular complexity index is 753. The van der Waals surface area contributed by atoms with Crippen LogP contribution in [0.2, 0.25) is 0 Å². The molecular weight excluding hydrogens is 356 g/mol. The molecule has 0 spiro atoms. The van der Waals surface area contributed by atoms with Crippen molar-refractivity contribution in [3.05, 3.63) is 29.8 Å². The van der Waals surface area contributed by atoms with Crippen LogP contribution in [0.3, 0.4) is 0 Å². The highest BCUT2D eigenvalue weighted by atomic mass is 32.2. The van der Waals surface area contributed by atoms with E-state index >= 15 is 0 Å². The van der Waals surface area contributed by atoms with Gasteiger partial charge in [0.2, 0.25) is 10.0 Å². The van der Waals surface area contributed by atoms with Crippen LogP contribution < -0.4 is 5.32 Å². The van der Waals surface area contributed by atoms with Crippen LogP contribution in [-0.2, 0) is 14.8 Å². The number of carbonyl (C=O) groups is 2. The molecule has 0 unspecified atom stereocenters. The van der Waals surface area contributed by atoms with Crippen molar-refractivity contribution >= 4 is 21.9 Å². The van der Waals surface area contributed by atoms with Gasteiger partial charge in [0.05, 0.1) is 4.90 Å². The number of rotatable bonds is 6. The van der Waals surface area contributed by atoms with E-state index in [9.17, 15) is 23.1 Å². The fourth-order valence-electron chi connectivity index (χ4n) is 2.97. The number of benzene rings is 1. The molecule has 2 N–H and O–H groups in total. The lowest BCUT2D eigenvalue weighted by molar-refractivity contribution is -0.140. The van der Waals surface area contributed by atoms with Gasteiger partial charge in [0.15, 0.2) is 0 Å². The maximum atomic E-state index is 12.9. The lowest BCUT2D eigenvalue weighted by Crippen LogP contribution is -2.44. The number of hydrogen-bond acceptors (Lipinski definition) is 4. The fraction of sp³-hybridized carbons (Fsp3) is 0.556. The fourth-order valence-corrected chi connectivity index (χ4v) is 4.53. The van der Waals surface area contributed by atoms with Gasteiger partial charge in [-0.15, -0.1) is 0 Å². The molecule has 1 amide bonds. The van der Waals surface area contributed by atoms with Gasteiger partial charge in [0.25, 0.3) is 5.91 Å². The summed E-state index contributed by atoms with van der Waals surface area (Å²) in [5.74, 6) is -2.01. The molecule has 1 atom stereocenters. The van der Waals surface area contributed by atoms with Gasteiger partial charge >= 0.3 is 5.97 Å². The second-order valence-corrected chi connectivity index (χ2v) is 8.82. The zero-order valence-electron chi connectivity index (χ0n) is 15.1. The SMILES string of the molecule is CC(C)[C@@H](NC(=O)c1cccc(S(=O)(=O)N2CCCCCC2)c1)C(=O)O. The van der Waals surface area contributed by atoms with Crippen LogP contribution in [0.4, 0.5) is 0 Å². The molecule has 1 aromatic rings. The molecular formula is C18H26N2O5S. The van der Waals surface area contributed by atoms with Crippen molar-refractivity contribution in [2.75, 3.05) is 13.1 Å². The van der Waals surface area contributed by atoms with E-state index in [0.29, 0.717) is 13.1 Å². The Hall–Kier alpha value is -1.93. The van der Waals surface area contributed by atoms with Gasteiger partial charge in [0.1, 0.15) is 6.04 Å². The summed E-state index contributed by atoms with van der Waals surface area (Å²) in [6.07, 6.45) is 3.68. The lowest BCUT2D eigenvalue weighted by Gasteiger charge is -2.21.